The number of hydrogen-bond acceptors (Lipinski definition) is 5. The number of hydrogen-bond donors (Lipinski definition) is 1. The smallest absolute Gasteiger partial charge is 0.219 e. The molecule has 4 rings (SSSR count). The molecule has 0 aliphatic heterocycles. The first-order valence-corrected chi connectivity index (χ1v) is 8.49. The van der Waals surface area contributed by atoms with E-state index in [-0.39, 0.29) is 0 Å². The van der Waals surface area contributed by atoms with Crippen molar-refractivity contribution >= 4 is 18.4 Å². The lowest BCUT2D eigenvalue weighted by molar-refractivity contribution is 0.489. The molecule has 0 fully saturated rings. The Balaban J connectivity index is 1.67. The van der Waals surface area contributed by atoms with Crippen LogP contribution < -0.4 is 0 Å². The SMILES string of the molecule is Cc1cc(/C=N\n2c(-c3ccco3)n[nH]c2=S)c(C)n1Cc1ccco1. The number of furan rings is 2. The van der Waals surface area contributed by atoms with Crippen molar-refractivity contribution in [2.45, 2.75) is 20.4 Å². The molecular formula is C18H17N5O2S. The van der Waals surface area contributed by atoms with E-state index < -0.39 is 0 Å². The maximum absolute atomic E-state index is 5.45. The molecule has 0 spiro atoms. The molecule has 0 aromatic carbocycles. The third kappa shape index (κ3) is 2.95. The fourth-order valence-electron chi connectivity index (χ4n) is 2.84. The van der Waals surface area contributed by atoms with E-state index in [1.165, 1.54) is 0 Å². The summed E-state index contributed by atoms with van der Waals surface area (Å²) in [7, 11) is 0. The van der Waals surface area contributed by atoms with Crippen LogP contribution in [0.1, 0.15) is 22.7 Å². The van der Waals surface area contributed by atoms with Gasteiger partial charge in [0, 0.05) is 17.0 Å². The summed E-state index contributed by atoms with van der Waals surface area (Å²) >= 11 is 5.27. The number of nitrogens with zero attached hydrogens (tertiary/aromatic N) is 4. The van der Waals surface area contributed by atoms with Crippen molar-refractivity contribution in [2.75, 3.05) is 0 Å². The van der Waals surface area contributed by atoms with Crippen LogP contribution in [0.5, 0.6) is 0 Å². The van der Waals surface area contributed by atoms with Crippen LogP contribution in [0, 0.1) is 18.6 Å². The van der Waals surface area contributed by atoms with Gasteiger partial charge < -0.3 is 13.4 Å². The monoisotopic (exact) mass is 367 g/mol. The van der Waals surface area contributed by atoms with Crippen LogP contribution in [0.15, 0.2) is 56.8 Å². The lowest BCUT2D eigenvalue weighted by Crippen LogP contribution is -2.03. The minimum absolute atomic E-state index is 0.400. The molecule has 0 amide bonds. The summed E-state index contributed by atoms with van der Waals surface area (Å²) in [5.74, 6) is 2.03. The summed E-state index contributed by atoms with van der Waals surface area (Å²) in [6.45, 7) is 4.80. The van der Waals surface area contributed by atoms with E-state index >= 15 is 0 Å². The predicted octanol–water partition coefficient (Wildman–Crippen LogP) is 4.14. The molecule has 0 aliphatic rings. The number of rotatable bonds is 5. The van der Waals surface area contributed by atoms with Gasteiger partial charge in [-0.2, -0.15) is 9.78 Å². The zero-order chi connectivity index (χ0) is 18.1. The highest BCUT2D eigenvalue weighted by atomic mass is 32.1. The molecule has 0 saturated heterocycles. The van der Waals surface area contributed by atoms with Crippen molar-refractivity contribution in [1.82, 2.24) is 19.4 Å². The number of aromatic amines is 1. The molecule has 132 valence electrons. The van der Waals surface area contributed by atoms with Crippen LogP contribution in [0.25, 0.3) is 11.6 Å². The van der Waals surface area contributed by atoms with Gasteiger partial charge in [-0.1, -0.05) is 0 Å². The van der Waals surface area contributed by atoms with Crippen LogP contribution in [-0.4, -0.2) is 25.7 Å². The van der Waals surface area contributed by atoms with Crippen molar-refractivity contribution in [2.24, 2.45) is 5.10 Å². The predicted molar refractivity (Wildman–Crippen MR) is 99.8 cm³/mol. The third-order valence-corrected chi connectivity index (χ3v) is 4.48. The molecule has 4 heterocycles. The highest BCUT2D eigenvalue weighted by Gasteiger charge is 2.12. The lowest BCUT2D eigenvalue weighted by Gasteiger charge is -2.07. The zero-order valence-electron chi connectivity index (χ0n) is 14.3. The van der Waals surface area contributed by atoms with Crippen LogP contribution >= 0.6 is 12.2 Å². The summed E-state index contributed by atoms with van der Waals surface area (Å²) in [4.78, 5) is 0. The number of H-pyrrole nitrogens is 1. The van der Waals surface area contributed by atoms with E-state index in [4.69, 9.17) is 21.1 Å². The average molecular weight is 367 g/mol. The molecule has 4 aromatic heterocycles. The first-order valence-electron chi connectivity index (χ1n) is 8.08. The zero-order valence-corrected chi connectivity index (χ0v) is 15.2. The van der Waals surface area contributed by atoms with Crippen molar-refractivity contribution < 1.29 is 8.83 Å². The summed E-state index contributed by atoms with van der Waals surface area (Å²) in [6.07, 6.45) is 5.05. The molecule has 0 unspecified atom stereocenters. The fraction of sp³-hybridized carbons (Fsp3) is 0.167. The Morgan fingerprint density at radius 2 is 2.04 bits per heavy atom. The molecule has 8 heteroatoms. The molecule has 0 aliphatic carbocycles. The Morgan fingerprint density at radius 1 is 1.23 bits per heavy atom. The molecule has 1 N–H and O–H groups in total. The minimum Gasteiger partial charge on any atom is -0.467 e. The quantitative estimate of drug-likeness (QED) is 0.425. The summed E-state index contributed by atoms with van der Waals surface area (Å²) < 4.78 is 15.0. The Labute approximate surface area is 154 Å². The van der Waals surface area contributed by atoms with Crippen molar-refractivity contribution in [3.05, 3.63) is 70.3 Å². The van der Waals surface area contributed by atoms with Crippen LogP contribution in [0.4, 0.5) is 0 Å². The van der Waals surface area contributed by atoms with E-state index in [0.29, 0.717) is 22.9 Å². The molecule has 0 radical (unpaired) electrons. The van der Waals surface area contributed by atoms with Gasteiger partial charge in [-0.3, -0.25) is 0 Å². The maximum atomic E-state index is 5.45. The van der Waals surface area contributed by atoms with E-state index in [2.05, 4.69) is 39.8 Å². The highest BCUT2D eigenvalue weighted by molar-refractivity contribution is 7.71. The van der Waals surface area contributed by atoms with Gasteiger partial charge >= 0.3 is 0 Å². The van der Waals surface area contributed by atoms with Gasteiger partial charge in [-0.15, -0.1) is 5.10 Å². The Hall–Kier alpha value is -3.13. The van der Waals surface area contributed by atoms with Gasteiger partial charge in [-0.05, 0) is 56.4 Å². The normalized spacial score (nSPS) is 11.6. The minimum atomic E-state index is 0.400. The molecule has 0 saturated carbocycles. The van der Waals surface area contributed by atoms with Crippen LogP contribution in [-0.2, 0) is 6.54 Å². The standard InChI is InChI=1S/C18H17N5O2S/c1-12-9-14(13(2)22(12)11-15-5-3-7-24-15)10-19-23-17(20-21-18(23)26)16-6-4-8-25-16/h3-10H,11H2,1-2H3,(H,21,26)/b19-10-. The van der Waals surface area contributed by atoms with E-state index in [0.717, 1.165) is 22.7 Å². The van der Waals surface area contributed by atoms with Gasteiger partial charge in [0.2, 0.25) is 10.6 Å². The van der Waals surface area contributed by atoms with Gasteiger partial charge in [0.05, 0.1) is 25.3 Å². The van der Waals surface area contributed by atoms with Gasteiger partial charge in [0.15, 0.2) is 5.76 Å². The fourth-order valence-corrected chi connectivity index (χ4v) is 3.02. The van der Waals surface area contributed by atoms with Crippen LogP contribution in [0.2, 0.25) is 0 Å². The molecule has 0 atom stereocenters. The van der Waals surface area contributed by atoms with Crippen molar-refractivity contribution in [3.8, 4) is 11.6 Å². The molecular weight excluding hydrogens is 350 g/mol. The molecule has 4 aromatic rings. The Kier molecular flexibility index (Phi) is 4.18. The second-order valence-electron chi connectivity index (χ2n) is 5.88. The van der Waals surface area contributed by atoms with Crippen molar-refractivity contribution in [3.63, 3.8) is 0 Å². The average Bonchev–Trinajstić information content (AvgIpc) is 3.39. The summed E-state index contributed by atoms with van der Waals surface area (Å²) in [6, 6.07) is 9.55. The molecule has 0 bridgehead atoms. The molecule has 7 nitrogen and oxygen atoms in total. The Bertz CT molecular complexity index is 1100. The van der Waals surface area contributed by atoms with E-state index in [1.54, 1.807) is 29.5 Å². The topological polar surface area (TPSA) is 77.2 Å². The first kappa shape index (κ1) is 16.3. The van der Waals surface area contributed by atoms with Crippen LogP contribution in [0.3, 0.4) is 0 Å². The number of nitrogens with one attached hydrogen (secondary N) is 1. The summed E-state index contributed by atoms with van der Waals surface area (Å²) in [5.41, 5.74) is 3.22. The maximum Gasteiger partial charge on any atom is 0.219 e. The van der Waals surface area contributed by atoms with Gasteiger partial charge in [0.1, 0.15) is 5.76 Å². The van der Waals surface area contributed by atoms with Gasteiger partial charge in [-0.25, -0.2) is 5.10 Å². The van der Waals surface area contributed by atoms with Crippen molar-refractivity contribution in [1.29, 1.82) is 0 Å². The van der Waals surface area contributed by atoms with Gasteiger partial charge in [0.25, 0.3) is 0 Å². The second kappa shape index (κ2) is 6.64. The largest absolute Gasteiger partial charge is 0.467 e. The van der Waals surface area contributed by atoms with E-state index in [1.807, 2.05) is 18.2 Å². The highest BCUT2D eigenvalue weighted by Crippen LogP contribution is 2.19. The molecule has 26 heavy (non-hydrogen) atoms. The first-order chi connectivity index (χ1) is 12.6. The number of aryl methyl sites for hydroxylation is 1. The summed E-state index contributed by atoms with van der Waals surface area (Å²) in [5, 5.41) is 11.4. The Morgan fingerprint density at radius 3 is 2.77 bits per heavy atom. The second-order valence-corrected chi connectivity index (χ2v) is 6.26. The van der Waals surface area contributed by atoms with E-state index in [9.17, 15) is 0 Å². The third-order valence-electron chi connectivity index (χ3n) is 4.21. The number of aromatic nitrogens is 4. The lowest BCUT2D eigenvalue weighted by atomic mass is 10.3.